The fourth-order valence-corrected chi connectivity index (χ4v) is 2.41. The van der Waals surface area contributed by atoms with Crippen LogP contribution < -0.4 is 4.74 Å². The zero-order chi connectivity index (χ0) is 20.1. The summed E-state index contributed by atoms with van der Waals surface area (Å²) in [5.41, 5.74) is 1.05. The number of allylic oxidation sites excluding steroid dienone is 1. The molecule has 28 heavy (non-hydrogen) atoms. The van der Waals surface area contributed by atoms with Crippen molar-refractivity contribution in [1.82, 2.24) is 9.97 Å². The van der Waals surface area contributed by atoms with Crippen LogP contribution >= 0.6 is 0 Å². The summed E-state index contributed by atoms with van der Waals surface area (Å²) in [5.74, 6) is -1.46. The minimum atomic E-state index is -3.03. The number of ether oxygens (including phenoxy) is 2. The number of hydrogen-bond donors (Lipinski definition) is 2. The molecule has 2 aromatic carbocycles. The summed E-state index contributed by atoms with van der Waals surface area (Å²) >= 11 is 0. The molecule has 2 N–H and O–H groups in total. The van der Waals surface area contributed by atoms with Crippen LogP contribution in [-0.2, 0) is 4.74 Å². The highest BCUT2D eigenvalue weighted by Crippen LogP contribution is 2.20. The zero-order valence-electron chi connectivity index (χ0n) is 14.2. The molecule has 0 unspecified atom stereocenters. The third kappa shape index (κ3) is 4.24. The quantitative estimate of drug-likeness (QED) is 0.379. The fourth-order valence-electron chi connectivity index (χ4n) is 2.41. The number of H-pyrrole nitrogens is 1. The molecule has 0 amide bonds. The molecule has 0 aliphatic rings. The lowest BCUT2D eigenvalue weighted by molar-refractivity contribution is -0.0499. The van der Waals surface area contributed by atoms with E-state index in [4.69, 9.17) is 4.74 Å². The Balaban J connectivity index is 1.75. The van der Waals surface area contributed by atoms with Crippen molar-refractivity contribution in [3.63, 3.8) is 0 Å². The number of imidazole rings is 1. The molecule has 1 aromatic heterocycles. The van der Waals surface area contributed by atoms with Crippen LogP contribution in [0.3, 0.4) is 0 Å². The SMILES string of the molecule is N#C/C(=C(/O)COC(=O)c1cccc(OC(F)F)c1)c1nc2ccccc2[nH]1. The number of aliphatic hydroxyl groups excluding tert-OH is 1. The van der Waals surface area contributed by atoms with Crippen molar-refractivity contribution >= 4 is 22.6 Å². The molecule has 142 valence electrons. The third-order valence-corrected chi connectivity index (χ3v) is 3.66. The second kappa shape index (κ2) is 8.18. The number of aromatic amines is 1. The maximum atomic E-state index is 12.3. The molecule has 0 aliphatic heterocycles. The molecule has 0 fully saturated rings. The number of benzene rings is 2. The number of carbonyl (C=O) groups is 1. The highest BCUT2D eigenvalue weighted by atomic mass is 19.3. The number of nitrogens with one attached hydrogen (secondary N) is 1. The number of hydrogen-bond acceptors (Lipinski definition) is 6. The van der Waals surface area contributed by atoms with Gasteiger partial charge in [-0.3, -0.25) is 0 Å². The van der Waals surface area contributed by atoms with E-state index in [9.17, 15) is 23.9 Å². The van der Waals surface area contributed by atoms with Gasteiger partial charge in [-0.05, 0) is 30.3 Å². The molecule has 9 heteroatoms. The summed E-state index contributed by atoms with van der Waals surface area (Å²) < 4.78 is 33.7. The van der Waals surface area contributed by atoms with Crippen LogP contribution in [0.4, 0.5) is 8.78 Å². The number of aromatic nitrogens is 2. The highest BCUT2D eigenvalue weighted by molar-refractivity contribution is 5.90. The largest absolute Gasteiger partial charge is 0.507 e. The van der Waals surface area contributed by atoms with E-state index < -0.39 is 24.9 Å². The predicted octanol–water partition coefficient (Wildman–Crippen LogP) is 3.81. The van der Waals surface area contributed by atoms with Crippen LogP contribution in [0.1, 0.15) is 16.2 Å². The van der Waals surface area contributed by atoms with Gasteiger partial charge < -0.3 is 19.6 Å². The van der Waals surface area contributed by atoms with Gasteiger partial charge >= 0.3 is 12.6 Å². The number of rotatable bonds is 6. The maximum Gasteiger partial charge on any atom is 0.387 e. The van der Waals surface area contributed by atoms with Gasteiger partial charge in [-0.2, -0.15) is 14.0 Å². The molecule has 3 aromatic rings. The molecule has 7 nitrogen and oxygen atoms in total. The number of nitriles is 1. The van der Waals surface area contributed by atoms with Gasteiger partial charge in [-0.1, -0.05) is 18.2 Å². The molecule has 0 saturated heterocycles. The Labute approximate surface area is 157 Å². The van der Waals surface area contributed by atoms with Crippen LogP contribution in [0.5, 0.6) is 5.75 Å². The summed E-state index contributed by atoms with van der Waals surface area (Å²) in [4.78, 5) is 19.2. The summed E-state index contributed by atoms with van der Waals surface area (Å²) in [6.07, 6.45) is 0. The number of esters is 1. The van der Waals surface area contributed by atoms with Crippen molar-refractivity contribution < 1.29 is 28.2 Å². The number of halogens is 2. The number of alkyl halides is 2. The second-order valence-electron chi connectivity index (χ2n) is 5.52. The van der Waals surface area contributed by atoms with Gasteiger partial charge in [-0.25, -0.2) is 9.78 Å². The van der Waals surface area contributed by atoms with Gasteiger partial charge in [0.05, 0.1) is 16.6 Å². The number of para-hydroxylation sites is 2. The molecule has 0 atom stereocenters. The van der Waals surface area contributed by atoms with Crippen molar-refractivity contribution in [2.75, 3.05) is 6.61 Å². The first-order valence-corrected chi connectivity index (χ1v) is 7.97. The lowest BCUT2D eigenvalue weighted by Gasteiger charge is -2.08. The van der Waals surface area contributed by atoms with Gasteiger partial charge in [0.1, 0.15) is 24.0 Å². The molecule has 0 bridgehead atoms. The molecule has 1 heterocycles. The van der Waals surface area contributed by atoms with E-state index in [-0.39, 0.29) is 22.7 Å². The minimum absolute atomic E-state index is 0.0480. The summed E-state index contributed by atoms with van der Waals surface area (Å²) in [6.45, 7) is -3.63. The van der Waals surface area contributed by atoms with E-state index in [1.54, 1.807) is 24.3 Å². The Morgan fingerprint density at radius 1 is 1.25 bits per heavy atom. The van der Waals surface area contributed by atoms with E-state index in [0.717, 1.165) is 6.07 Å². The van der Waals surface area contributed by atoms with Gasteiger partial charge in [0, 0.05) is 0 Å². The van der Waals surface area contributed by atoms with Crippen molar-refractivity contribution in [2.45, 2.75) is 6.61 Å². The second-order valence-corrected chi connectivity index (χ2v) is 5.52. The zero-order valence-corrected chi connectivity index (χ0v) is 14.2. The Bertz CT molecular complexity index is 1050. The van der Waals surface area contributed by atoms with E-state index >= 15 is 0 Å². The van der Waals surface area contributed by atoms with E-state index in [1.165, 1.54) is 18.2 Å². The standard InChI is InChI=1S/C19H13F2N3O4/c20-19(21)28-12-5-3-4-11(8-12)18(26)27-10-16(25)13(9-22)17-23-14-6-1-2-7-15(14)24-17/h1-8,19,25H,10H2,(H,23,24)/b16-13-. The van der Waals surface area contributed by atoms with Crippen molar-refractivity contribution in [3.8, 4) is 11.8 Å². The van der Waals surface area contributed by atoms with E-state index in [2.05, 4.69) is 14.7 Å². The molecule has 3 rings (SSSR count). The summed E-state index contributed by atoms with van der Waals surface area (Å²) in [6, 6.07) is 13.9. The minimum Gasteiger partial charge on any atom is -0.507 e. The van der Waals surface area contributed by atoms with Crippen molar-refractivity contribution in [2.24, 2.45) is 0 Å². The first kappa shape index (κ1) is 18.8. The Hall–Kier alpha value is -3.93. The monoisotopic (exact) mass is 385 g/mol. The van der Waals surface area contributed by atoms with E-state index in [0.29, 0.717) is 11.0 Å². The average molecular weight is 385 g/mol. The number of fused-ring (bicyclic) bond motifs is 1. The lowest BCUT2D eigenvalue weighted by atomic mass is 10.2. The van der Waals surface area contributed by atoms with E-state index in [1.807, 2.05) is 6.07 Å². The lowest BCUT2D eigenvalue weighted by Crippen LogP contribution is -2.10. The number of aliphatic hydroxyl groups is 1. The molecule has 0 aliphatic carbocycles. The Kier molecular flexibility index (Phi) is 5.50. The third-order valence-electron chi connectivity index (χ3n) is 3.66. The molecular weight excluding hydrogens is 372 g/mol. The van der Waals surface area contributed by atoms with Crippen LogP contribution in [-0.4, -0.2) is 34.3 Å². The van der Waals surface area contributed by atoms with Gasteiger partial charge in [-0.15, -0.1) is 0 Å². The average Bonchev–Trinajstić information content (AvgIpc) is 3.10. The highest BCUT2D eigenvalue weighted by Gasteiger charge is 2.16. The Morgan fingerprint density at radius 2 is 2.04 bits per heavy atom. The Morgan fingerprint density at radius 3 is 2.75 bits per heavy atom. The topological polar surface area (TPSA) is 108 Å². The van der Waals surface area contributed by atoms with Crippen LogP contribution in [0.25, 0.3) is 16.6 Å². The van der Waals surface area contributed by atoms with Gasteiger partial charge in [0.2, 0.25) is 0 Å². The maximum absolute atomic E-state index is 12.3. The first-order chi connectivity index (χ1) is 13.5. The van der Waals surface area contributed by atoms with Gasteiger partial charge in [0.25, 0.3) is 0 Å². The normalized spacial score (nSPS) is 11.8. The van der Waals surface area contributed by atoms with Crippen molar-refractivity contribution in [1.29, 1.82) is 5.26 Å². The molecule has 0 radical (unpaired) electrons. The molecule has 0 saturated carbocycles. The molecule has 0 spiro atoms. The van der Waals surface area contributed by atoms with Crippen LogP contribution in [0.15, 0.2) is 54.3 Å². The number of carbonyl (C=O) groups excluding carboxylic acids is 1. The molecular formula is C19H13F2N3O4. The summed E-state index contributed by atoms with van der Waals surface area (Å²) in [7, 11) is 0. The predicted molar refractivity (Wildman–Crippen MR) is 94.6 cm³/mol. The van der Waals surface area contributed by atoms with Crippen LogP contribution in [0.2, 0.25) is 0 Å². The smallest absolute Gasteiger partial charge is 0.387 e. The number of nitrogens with zero attached hydrogens (tertiary/aromatic N) is 2. The van der Waals surface area contributed by atoms with Crippen molar-refractivity contribution in [3.05, 3.63) is 65.7 Å². The van der Waals surface area contributed by atoms with Gasteiger partial charge in [0.15, 0.2) is 11.6 Å². The fraction of sp³-hybridized carbons (Fsp3) is 0.105. The summed E-state index contributed by atoms with van der Waals surface area (Å²) in [5, 5.41) is 19.5. The van der Waals surface area contributed by atoms with Crippen LogP contribution in [0, 0.1) is 11.3 Å². The first-order valence-electron chi connectivity index (χ1n) is 7.97.